The summed E-state index contributed by atoms with van der Waals surface area (Å²) in [6.45, 7) is 4.44. The summed E-state index contributed by atoms with van der Waals surface area (Å²) in [7, 11) is 0. The van der Waals surface area contributed by atoms with E-state index in [0.717, 1.165) is 12.8 Å². The molecule has 0 aromatic carbocycles. The Bertz CT molecular complexity index is 311. The van der Waals surface area contributed by atoms with Crippen LogP contribution in [-0.4, -0.2) is 4.82 Å². The van der Waals surface area contributed by atoms with Crippen molar-refractivity contribution in [3.8, 4) is 0 Å². The second kappa shape index (κ2) is 14.9. The number of hydrogen-bond donors (Lipinski definition) is 0. The van der Waals surface area contributed by atoms with Gasteiger partial charge in [-0.15, -0.1) is 12.8 Å². The third kappa shape index (κ3) is 10.3. The molecule has 0 spiro atoms. The molecule has 0 saturated carbocycles. The van der Waals surface area contributed by atoms with E-state index < -0.39 is 0 Å². The van der Waals surface area contributed by atoms with Gasteiger partial charge >= 0.3 is 24.8 Å². The van der Waals surface area contributed by atoms with Gasteiger partial charge in [0.2, 0.25) is 0 Å². The minimum atomic E-state index is 1.04. The second-order valence-electron chi connectivity index (χ2n) is 4.82. The first kappa shape index (κ1) is 19.5. The van der Waals surface area contributed by atoms with Crippen LogP contribution in [0.2, 0.25) is 0 Å². The zero-order valence-electron chi connectivity index (χ0n) is 13.2. The molecule has 0 amide bonds. The van der Waals surface area contributed by atoms with Crippen LogP contribution < -0.4 is 0 Å². The average Bonchev–Trinajstić information content (AvgIpc) is 3.19. The summed E-state index contributed by atoms with van der Waals surface area (Å²) in [5, 5.41) is 0. The van der Waals surface area contributed by atoms with Crippen LogP contribution in [0.25, 0.3) is 0 Å². The number of hydrogen-bond acceptors (Lipinski definition) is 0. The molecule has 0 N–H and O–H groups in total. The molecule has 0 unspecified atom stereocenters. The summed E-state index contributed by atoms with van der Waals surface area (Å²) in [6.07, 6.45) is 25.1. The van der Waals surface area contributed by atoms with Gasteiger partial charge < -0.3 is 0 Å². The summed E-state index contributed by atoms with van der Waals surface area (Å²) in [5.41, 5.74) is 2.83. The van der Waals surface area contributed by atoms with Gasteiger partial charge in [-0.1, -0.05) is 52.4 Å². The summed E-state index contributed by atoms with van der Waals surface area (Å²) in [6, 6.07) is 0. The molecule has 2 rings (SSSR count). The van der Waals surface area contributed by atoms with E-state index in [9.17, 15) is 0 Å². The van der Waals surface area contributed by atoms with Crippen molar-refractivity contribution in [2.45, 2.75) is 65.2 Å². The minimum absolute atomic E-state index is 1.04. The maximum absolute atomic E-state index is 3.30. The van der Waals surface area contributed by atoms with Crippen LogP contribution in [0.3, 0.4) is 0 Å². The predicted molar refractivity (Wildman–Crippen MR) is 87.2 cm³/mol. The predicted octanol–water partition coefficient (Wildman–Crippen LogP) is 5.70. The third-order valence-corrected chi connectivity index (χ3v) is 3.13. The molecule has 0 heterocycles. The quantitative estimate of drug-likeness (QED) is 0.436. The SMILES string of the molecule is CCCCC1=[C-]CC=C1.CCCCC1=[C-]CC=C1.[CH2]=[Ti+2]. The van der Waals surface area contributed by atoms with Crippen molar-refractivity contribution in [1.82, 2.24) is 0 Å². The molecule has 0 saturated heterocycles. The Kier molecular flexibility index (Phi) is 14.6. The Morgan fingerprint density at radius 3 is 1.55 bits per heavy atom. The van der Waals surface area contributed by atoms with E-state index in [4.69, 9.17) is 0 Å². The van der Waals surface area contributed by atoms with Crippen LogP contribution in [0.1, 0.15) is 65.2 Å². The van der Waals surface area contributed by atoms with Crippen molar-refractivity contribution < 1.29 is 20.0 Å². The standard InChI is InChI=1S/2C9H13.CH2.Ti/c2*1-2-3-6-9-7-4-5-8-9;;/h2*4,7H,2-3,5-6H2,1H3;1H2;/q2*-1;;+2. The molecule has 0 fully saturated rings. The molecule has 2 aliphatic carbocycles. The molecular formula is C19H28Ti. The fourth-order valence-corrected chi connectivity index (χ4v) is 1.98. The van der Waals surface area contributed by atoms with Crippen molar-refractivity contribution in [3.05, 3.63) is 47.6 Å². The number of rotatable bonds is 6. The van der Waals surface area contributed by atoms with Gasteiger partial charge in [-0.05, 0) is 0 Å². The van der Waals surface area contributed by atoms with E-state index >= 15 is 0 Å². The average molecular weight is 304 g/mol. The van der Waals surface area contributed by atoms with Gasteiger partial charge in [-0.25, -0.2) is 23.3 Å². The van der Waals surface area contributed by atoms with Gasteiger partial charge in [-0.2, -0.15) is 12.2 Å². The van der Waals surface area contributed by atoms with E-state index in [1.807, 2.05) is 0 Å². The Hall–Kier alpha value is -0.456. The molecule has 0 bridgehead atoms. The van der Waals surface area contributed by atoms with Gasteiger partial charge in [0.1, 0.15) is 0 Å². The maximum atomic E-state index is 3.30. The number of allylic oxidation sites excluding steroid dienone is 8. The summed E-state index contributed by atoms with van der Waals surface area (Å²) >= 11 is 1.75. The van der Waals surface area contributed by atoms with Crippen LogP contribution >= 0.6 is 0 Å². The summed E-state index contributed by atoms with van der Waals surface area (Å²) < 4.78 is 0. The molecule has 0 nitrogen and oxygen atoms in total. The first-order valence-corrected chi connectivity index (χ1v) is 8.85. The molecule has 2 aliphatic rings. The monoisotopic (exact) mass is 304 g/mol. The van der Waals surface area contributed by atoms with Crippen LogP contribution in [-0.2, 0) is 20.0 Å². The van der Waals surface area contributed by atoms with Crippen LogP contribution in [0.5, 0.6) is 0 Å². The fourth-order valence-electron chi connectivity index (χ4n) is 1.98. The van der Waals surface area contributed by atoms with Crippen LogP contribution in [0, 0.1) is 12.2 Å². The first-order chi connectivity index (χ1) is 9.86. The van der Waals surface area contributed by atoms with E-state index in [-0.39, 0.29) is 0 Å². The van der Waals surface area contributed by atoms with Crippen molar-refractivity contribution in [1.29, 1.82) is 0 Å². The molecule has 108 valence electrons. The van der Waals surface area contributed by atoms with E-state index in [1.165, 1.54) is 49.7 Å². The Morgan fingerprint density at radius 2 is 1.30 bits per heavy atom. The third-order valence-electron chi connectivity index (χ3n) is 3.13. The van der Waals surface area contributed by atoms with E-state index in [2.05, 4.69) is 55.1 Å². The zero-order chi connectivity index (χ0) is 15.1. The molecule has 0 aliphatic heterocycles. The summed E-state index contributed by atoms with van der Waals surface area (Å²) in [5.74, 6) is 0. The van der Waals surface area contributed by atoms with Crippen LogP contribution in [0.15, 0.2) is 35.5 Å². The van der Waals surface area contributed by atoms with E-state index in [1.54, 1.807) is 20.0 Å². The fraction of sp³-hybridized carbons (Fsp3) is 0.526. The van der Waals surface area contributed by atoms with Gasteiger partial charge in [0, 0.05) is 0 Å². The van der Waals surface area contributed by atoms with Gasteiger partial charge in [0.15, 0.2) is 0 Å². The van der Waals surface area contributed by atoms with Crippen molar-refractivity contribution in [2.24, 2.45) is 0 Å². The summed E-state index contributed by atoms with van der Waals surface area (Å²) in [4.78, 5) is 3.25. The molecule has 0 aromatic rings. The second-order valence-corrected chi connectivity index (χ2v) is 4.82. The normalized spacial score (nSPS) is 15.0. The molecule has 1 heteroatoms. The van der Waals surface area contributed by atoms with Gasteiger partial charge in [0.05, 0.1) is 0 Å². The Morgan fingerprint density at radius 1 is 0.900 bits per heavy atom. The van der Waals surface area contributed by atoms with Crippen molar-refractivity contribution in [2.75, 3.05) is 0 Å². The molecule has 20 heavy (non-hydrogen) atoms. The number of unbranched alkanes of at least 4 members (excludes halogenated alkanes) is 2. The molecule has 0 aromatic heterocycles. The van der Waals surface area contributed by atoms with Crippen LogP contribution in [0.4, 0.5) is 0 Å². The first-order valence-electron chi connectivity index (χ1n) is 7.74. The molecule has 0 radical (unpaired) electrons. The Labute approximate surface area is 137 Å². The topological polar surface area (TPSA) is 0 Å². The Balaban J connectivity index is 0.000000321. The van der Waals surface area contributed by atoms with Crippen molar-refractivity contribution in [3.63, 3.8) is 0 Å². The van der Waals surface area contributed by atoms with Gasteiger partial charge in [0.25, 0.3) is 0 Å². The molecule has 0 atom stereocenters. The van der Waals surface area contributed by atoms with Gasteiger partial charge in [-0.3, -0.25) is 12.2 Å². The van der Waals surface area contributed by atoms with E-state index in [0.29, 0.717) is 0 Å². The zero-order valence-corrected chi connectivity index (χ0v) is 14.7. The van der Waals surface area contributed by atoms with Crippen molar-refractivity contribution >= 4 is 4.82 Å². The molecular weight excluding hydrogens is 276 g/mol.